The minimum absolute atomic E-state index is 0.00914. The Morgan fingerprint density at radius 3 is 2.62 bits per heavy atom. The van der Waals surface area contributed by atoms with Gasteiger partial charge >= 0.3 is 0 Å². The Morgan fingerprint density at radius 2 is 1.96 bits per heavy atom. The Bertz CT molecular complexity index is 548. The minimum atomic E-state index is -0.603. The fourth-order valence-corrected chi connectivity index (χ4v) is 7.37. The number of ketones is 1. The Kier molecular flexibility index (Phi) is 3.73. The summed E-state index contributed by atoms with van der Waals surface area (Å²) in [6, 6.07) is 0. The number of Topliss-reactive ketones (excluding diaryl/α,β-unsaturated/α-hetero) is 1. The summed E-state index contributed by atoms with van der Waals surface area (Å²) in [6.45, 7) is 4.10. The first kappa shape index (κ1) is 17.0. The minimum Gasteiger partial charge on any atom is -0.396 e. The fraction of sp³-hybridized carbons (Fsp3) is 0.950. The van der Waals surface area contributed by atoms with Gasteiger partial charge in [-0.25, -0.2) is 0 Å². The molecule has 4 heteroatoms. The first-order valence-corrected chi connectivity index (χ1v) is 9.72. The van der Waals surface area contributed by atoms with Crippen LogP contribution in [-0.4, -0.2) is 41.9 Å². The van der Waals surface area contributed by atoms with E-state index in [1.165, 1.54) is 0 Å². The van der Waals surface area contributed by atoms with E-state index in [2.05, 4.69) is 6.92 Å². The van der Waals surface area contributed by atoms with Crippen LogP contribution in [0.5, 0.6) is 0 Å². The molecule has 4 nitrogen and oxygen atoms in total. The smallest absolute Gasteiger partial charge is 0.142 e. The second-order valence-corrected chi connectivity index (χ2v) is 9.42. The Balaban J connectivity index is 1.83. The van der Waals surface area contributed by atoms with Crippen molar-refractivity contribution in [3.63, 3.8) is 0 Å². The number of hydrogen-bond acceptors (Lipinski definition) is 4. The van der Waals surface area contributed by atoms with Crippen LogP contribution in [0.2, 0.25) is 0 Å². The number of methoxy groups -OCH3 is 1. The second kappa shape index (κ2) is 5.28. The van der Waals surface area contributed by atoms with Crippen molar-refractivity contribution in [1.82, 2.24) is 0 Å². The van der Waals surface area contributed by atoms with Gasteiger partial charge in [-0.15, -0.1) is 0 Å². The van der Waals surface area contributed by atoms with Gasteiger partial charge in [-0.2, -0.15) is 0 Å². The van der Waals surface area contributed by atoms with Crippen molar-refractivity contribution in [1.29, 1.82) is 0 Å². The lowest BCUT2D eigenvalue weighted by Crippen LogP contribution is -2.56. The molecule has 2 N–H and O–H groups in total. The Labute approximate surface area is 145 Å². The van der Waals surface area contributed by atoms with Crippen LogP contribution in [0.4, 0.5) is 0 Å². The van der Waals surface area contributed by atoms with Crippen LogP contribution < -0.4 is 0 Å². The zero-order chi connectivity index (χ0) is 17.3. The maximum absolute atomic E-state index is 13.4. The maximum Gasteiger partial charge on any atom is 0.142 e. The molecular weight excluding hydrogens is 304 g/mol. The maximum atomic E-state index is 13.4. The van der Waals surface area contributed by atoms with Crippen molar-refractivity contribution in [2.45, 2.75) is 71.0 Å². The zero-order valence-electron chi connectivity index (χ0n) is 15.3. The van der Waals surface area contributed by atoms with Crippen LogP contribution in [0.3, 0.4) is 0 Å². The number of hydrogen-bond donors (Lipinski definition) is 2. The molecule has 8 atom stereocenters. The number of rotatable bonds is 3. The first-order chi connectivity index (χ1) is 11.4. The topological polar surface area (TPSA) is 66.8 Å². The predicted molar refractivity (Wildman–Crippen MR) is 90.3 cm³/mol. The average Bonchev–Trinajstić information content (AvgIpc) is 3.19. The van der Waals surface area contributed by atoms with E-state index < -0.39 is 11.5 Å². The number of aliphatic hydroxyl groups is 2. The molecule has 0 aromatic rings. The molecule has 136 valence electrons. The standard InChI is InChI=1S/C20H32O4/c1-12-17(23)18(2,8-9-21)11-15(22)20-10-13(20)4-6-19(12)7-5-14(24-3)16(19)20/h12-16,21-22H,4-11H2,1-3H3/t12-,13-,14+,15+,16?,18+,19?,20-/m0/s1. The largest absolute Gasteiger partial charge is 0.396 e. The highest BCUT2D eigenvalue weighted by molar-refractivity contribution is 5.87. The van der Waals surface area contributed by atoms with Crippen LogP contribution >= 0.6 is 0 Å². The number of carbonyl (C=O) groups excluding carboxylic acids is 1. The van der Waals surface area contributed by atoms with E-state index in [0.29, 0.717) is 24.7 Å². The van der Waals surface area contributed by atoms with E-state index in [-0.39, 0.29) is 35.2 Å². The van der Waals surface area contributed by atoms with E-state index >= 15 is 0 Å². The first-order valence-electron chi connectivity index (χ1n) is 9.72. The van der Waals surface area contributed by atoms with Crippen LogP contribution in [0.25, 0.3) is 0 Å². The van der Waals surface area contributed by atoms with Gasteiger partial charge in [0.15, 0.2) is 0 Å². The van der Waals surface area contributed by atoms with Crippen molar-refractivity contribution >= 4 is 5.78 Å². The molecule has 4 fully saturated rings. The molecular formula is C20H32O4. The predicted octanol–water partition coefficient (Wildman–Crippen LogP) is 2.56. The summed E-state index contributed by atoms with van der Waals surface area (Å²) in [4.78, 5) is 13.4. The molecule has 0 aromatic heterocycles. The van der Waals surface area contributed by atoms with Crippen LogP contribution in [0, 0.1) is 34.0 Å². The monoisotopic (exact) mass is 336 g/mol. The quantitative estimate of drug-likeness (QED) is 0.831. The van der Waals surface area contributed by atoms with Crippen LogP contribution in [0.15, 0.2) is 0 Å². The molecule has 2 unspecified atom stereocenters. The molecule has 4 saturated carbocycles. The summed E-state index contributed by atoms with van der Waals surface area (Å²) >= 11 is 0. The summed E-state index contributed by atoms with van der Waals surface area (Å²) in [5.74, 6) is 1.16. The zero-order valence-corrected chi connectivity index (χ0v) is 15.3. The van der Waals surface area contributed by atoms with Gasteiger partial charge in [0.25, 0.3) is 0 Å². The third-order valence-electron chi connectivity index (χ3n) is 8.70. The Hall–Kier alpha value is -0.450. The summed E-state index contributed by atoms with van der Waals surface area (Å²) in [5.41, 5.74) is -0.655. The van der Waals surface area contributed by atoms with Crippen molar-refractivity contribution in [2.75, 3.05) is 13.7 Å². The summed E-state index contributed by atoms with van der Waals surface area (Å²) in [7, 11) is 1.79. The lowest BCUT2D eigenvalue weighted by atomic mass is 9.50. The third-order valence-corrected chi connectivity index (χ3v) is 8.70. The molecule has 0 heterocycles. The van der Waals surface area contributed by atoms with Gasteiger partial charge in [0.05, 0.1) is 12.2 Å². The lowest BCUT2D eigenvalue weighted by molar-refractivity contribution is -0.161. The SMILES string of the molecule is CO[C@@H]1CCC23CC[C@H]4C[C@@]4(C12)[C@H](O)C[C@@](C)(CCO)C(=O)[C@@H]3C. The average molecular weight is 336 g/mol. The van der Waals surface area contributed by atoms with Gasteiger partial charge in [0.2, 0.25) is 0 Å². The molecule has 0 aliphatic heterocycles. The van der Waals surface area contributed by atoms with Crippen molar-refractivity contribution in [3.05, 3.63) is 0 Å². The number of aliphatic hydroxyl groups excluding tert-OH is 2. The molecule has 0 radical (unpaired) electrons. The van der Waals surface area contributed by atoms with Gasteiger partial charge in [0, 0.05) is 30.5 Å². The molecule has 0 amide bonds. The summed E-state index contributed by atoms with van der Waals surface area (Å²) in [6.07, 6.45) is 6.08. The van der Waals surface area contributed by atoms with E-state index in [1.54, 1.807) is 7.11 Å². The van der Waals surface area contributed by atoms with Crippen molar-refractivity contribution in [2.24, 2.45) is 34.0 Å². The molecule has 1 spiro atoms. The van der Waals surface area contributed by atoms with Crippen LogP contribution in [-0.2, 0) is 9.53 Å². The fourth-order valence-electron chi connectivity index (χ4n) is 7.37. The van der Waals surface area contributed by atoms with Gasteiger partial charge in [0.1, 0.15) is 5.78 Å². The molecule has 2 bridgehead atoms. The third kappa shape index (κ3) is 1.88. The Morgan fingerprint density at radius 1 is 1.25 bits per heavy atom. The molecule has 24 heavy (non-hydrogen) atoms. The van der Waals surface area contributed by atoms with E-state index in [4.69, 9.17) is 4.74 Å². The highest BCUT2D eigenvalue weighted by Crippen LogP contribution is 2.77. The molecule has 4 aliphatic rings. The van der Waals surface area contributed by atoms with Crippen molar-refractivity contribution < 1.29 is 19.7 Å². The molecule has 4 rings (SSSR count). The normalized spacial score (nSPS) is 56.2. The second-order valence-electron chi connectivity index (χ2n) is 9.42. The van der Waals surface area contributed by atoms with Crippen LogP contribution in [0.1, 0.15) is 58.8 Å². The molecule has 0 aromatic carbocycles. The number of carbonyl (C=O) groups is 1. The molecule has 0 saturated heterocycles. The van der Waals surface area contributed by atoms with E-state index in [1.807, 2.05) is 6.92 Å². The van der Waals surface area contributed by atoms with Crippen molar-refractivity contribution in [3.8, 4) is 0 Å². The van der Waals surface area contributed by atoms with E-state index in [0.717, 1.165) is 32.1 Å². The van der Waals surface area contributed by atoms with E-state index in [9.17, 15) is 15.0 Å². The lowest BCUT2D eigenvalue weighted by Gasteiger charge is -2.54. The summed E-state index contributed by atoms with van der Waals surface area (Å²) < 4.78 is 5.87. The van der Waals surface area contributed by atoms with Gasteiger partial charge in [-0.05, 0) is 62.2 Å². The van der Waals surface area contributed by atoms with Gasteiger partial charge < -0.3 is 14.9 Å². The van der Waals surface area contributed by atoms with Gasteiger partial charge in [-0.1, -0.05) is 13.8 Å². The molecule has 4 aliphatic carbocycles. The number of ether oxygens (including phenoxy) is 1. The highest BCUT2D eigenvalue weighted by Gasteiger charge is 2.75. The highest BCUT2D eigenvalue weighted by atomic mass is 16.5. The van der Waals surface area contributed by atoms with Gasteiger partial charge in [-0.3, -0.25) is 4.79 Å². The summed E-state index contributed by atoms with van der Waals surface area (Å²) in [5, 5.41) is 20.8.